The molecule has 1 atom stereocenters. The van der Waals surface area contributed by atoms with Crippen LogP contribution in [0.1, 0.15) is 19.8 Å². The maximum absolute atomic E-state index is 8.38. The van der Waals surface area contributed by atoms with Crippen molar-refractivity contribution in [3.8, 4) is 6.07 Å². The molecule has 0 saturated carbocycles. The minimum absolute atomic E-state index is 0.468. The summed E-state index contributed by atoms with van der Waals surface area (Å²) in [5.41, 5.74) is 1.15. The molecule has 0 N–H and O–H groups in total. The average Bonchev–Trinajstić information content (AvgIpc) is 2.16. The molecule has 0 aliphatic heterocycles. The minimum Gasteiger partial charge on any atom is -0.290 e. The van der Waals surface area contributed by atoms with E-state index < -0.39 is 0 Å². The van der Waals surface area contributed by atoms with E-state index in [1.165, 1.54) is 0 Å². The highest BCUT2D eigenvalue weighted by atomic mass is 14.7. The summed E-state index contributed by atoms with van der Waals surface area (Å²) in [6, 6.07) is 2.02. The first-order valence-corrected chi connectivity index (χ1v) is 4.63. The minimum atomic E-state index is 0.468. The molecule has 0 aromatic carbocycles. The second kappa shape index (κ2) is 5.31. The SMILES string of the molecule is CCN=C1C=CCC(C=CC#N)C1. The number of nitriles is 1. The molecule has 1 aliphatic rings. The van der Waals surface area contributed by atoms with Crippen LogP contribution in [0.3, 0.4) is 0 Å². The lowest BCUT2D eigenvalue weighted by Crippen LogP contribution is -2.08. The summed E-state index contributed by atoms with van der Waals surface area (Å²) in [5.74, 6) is 0.468. The number of hydrogen-bond acceptors (Lipinski definition) is 2. The number of hydrogen-bond donors (Lipinski definition) is 0. The molecule has 1 rings (SSSR count). The van der Waals surface area contributed by atoms with Crippen LogP contribution >= 0.6 is 0 Å². The summed E-state index contributed by atoms with van der Waals surface area (Å²) < 4.78 is 0. The van der Waals surface area contributed by atoms with Crippen molar-refractivity contribution in [2.45, 2.75) is 19.8 Å². The van der Waals surface area contributed by atoms with Crippen molar-refractivity contribution in [1.29, 1.82) is 5.26 Å². The van der Waals surface area contributed by atoms with Gasteiger partial charge >= 0.3 is 0 Å². The van der Waals surface area contributed by atoms with Gasteiger partial charge in [-0.05, 0) is 31.8 Å². The van der Waals surface area contributed by atoms with E-state index in [4.69, 9.17) is 5.26 Å². The van der Waals surface area contributed by atoms with Crippen molar-refractivity contribution in [2.24, 2.45) is 10.9 Å². The van der Waals surface area contributed by atoms with E-state index in [2.05, 4.69) is 17.1 Å². The van der Waals surface area contributed by atoms with Crippen LogP contribution in [0.5, 0.6) is 0 Å². The van der Waals surface area contributed by atoms with Crippen LogP contribution in [0, 0.1) is 17.2 Å². The number of aliphatic imine (C=N–C) groups is 1. The molecule has 13 heavy (non-hydrogen) atoms. The van der Waals surface area contributed by atoms with E-state index in [0.29, 0.717) is 5.92 Å². The molecule has 0 aromatic rings. The predicted octanol–water partition coefficient (Wildman–Crippen LogP) is 2.49. The molecule has 2 nitrogen and oxygen atoms in total. The molecule has 0 fully saturated rings. The Labute approximate surface area is 79.3 Å². The van der Waals surface area contributed by atoms with Gasteiger partial charge in [-0.15, -0.1) is 0 Å². The van der Waals surface area contributed by atoms with Gasteiger partial charge in [0.05, 0.1) is 6.07 Å². The van der Waals surface area contributed by atoms with E-state index in [-0.39, 0.29) is 0 Å². The van der Waals surface area contributed by atoms with Gasteiger partial charge in [-0.2, -0.15) is 5.26 Å². The van der Waals surface area contributed by atoms with Crippen molar-refractivity contribution >= 4 is 5.71 Å². The number of allylic oxidation sites excluding steroid dienone is 4. The lowest BCUT2D eigenvalue weighted by molar-refractivity contribution is 0.683. The van der Waals surface area contributed by atoms with E-state index in [1.54, 1.807) is 6.08 Å². The summed E-state index contributed by atoms with van der Waals surface area (Å²) in [6.07, 6.45) is 9.75. The lowest BCUT2D eigenvalue weighted by atomic mass is 9.93. The third-order valence-electron chi connectivity index (χ3n) is 2.02. The van der Waals surface area contributed by atoms with Gasteiger partial charge in [0.2, 0.25) is 0 Å². The zero-order valence-electron chi connectivity index (χ0n) is 7.90. The highest BCUT2D eigenvalue weighted by Gasteiger charge is 2.10. The molecule has 0 heterocycles. The molecule has 0 saturated heterocycles. The molecule has 0 radical (unpaired) electrons. The van der Waals surface area contributed by atoms with Crippen LogP contribution in [0.15, 0.2) is 29.3 Å². The maximum Gasteiger partial charge on any atom is 0.0908 e. The Balaban J connectivity index is 2.57. The molecule has 68 valence electrons. The maximum atomic E-state index is 8.38. The van der Waals surface area contributed by atoms with Gasteiger partial charge in [-0.25, -0.2) is 0 Å². The molecule has 2 heteroatoms. The Kier molecular flexibility index (Phi) is 3.98. The van der Waals surface area contributed by atoms with E-state index in [0.717, 1.165) is 25.1 Å². The molecular weight excluding hydrogens is 160 g/mol. The van der Waals surface area contributed by atoms with Gasteiger partial charge in [0, 0.05) is 18.3 Å². The third-order valence-corrected chi connectivity index (χ3v) is 2.02. The summed E-state index contributed by atoms with van der Waals surface area (Å²) in [5, 5.41) is 8.38. The second-order valence-electron chi connectivity index (χ2n) is 3.06. The van der Waals surface area contributed by atoms with Gasteiger partial charge in [-0.3, -0.25) is 4.99 Å². The van der Waals surface area contributed by atoms with Crippen molar-refractivity contribution in [1.82, 2.24) is 0 Å². The highest BCUT2D eigenvalue weighted by Crippen LogP contribution is 2.17. The van der Waals surface area contributed by atoms with Crippen LogP contribution in [-0.2, 0) is 0 Å². The first kappa shape index (κ1) is 9.73. The number of rotatable bonds is 2. The van der Waals surface area contributed by atoms with Crippen molar-refractivity contribution < 1.29 is 0 Å². The first-order chi connectivity index (χ1) is 6.36. The molecular formula is C11H14N2. The Morgan fingerprint density at radius 2 is 2.62 bits per heavy atom. The van der Waals surface area contributed by atoms with Gasteiger partial charge in [0.15, 0.2) is 0 Å². The standard InChI is InChI=1S/C11H14N2/c1-2-13-11-7-3-5-10(9-11)6-4-8-12/h3-4,6-7,10H,2,5,9H2,1H3. The summed E-state index contributed by atoms with van der Waals surface area (Å²) in [6.45, 7) is 2.88. The zero-order valence-corrected chi connectivity index (χ0v) is 7.90. The van der Waals surface area contributed by atoms with E-state index >= 15 is 0 Å². The molecule has 0 aromatic heterocycles. The lowest BCUT2D eigenvalue weighted by Gasteiger charge is -2.14. The monoisotopic (exact) mass is 174 g/mol. The Morgan fingerprint density at radius 3 is 3.31 bits per heavy atom. The van der Waals surface area contributed by atoms with Crippen LogP contribution in [0.4, 0.5) is 0 Å². The van der Waals surface area contributed by atoms with Crippen LogP contribution in [0.25, 0.3) is 0 Å². The summed E-state index contributed by atoms with van der Waals surface area (Å²) >= 11 is 0. The Hall–Kier alpha value is -1.36. The Morgan fingerprint density at radius 1 is 1.77 bits per heavy atom. The zero-order chi connectivity index (χ0) is 9.52. The van der Waals surface area contributed by atoms with Crippen LogP contribution in [-0.4, -0.2) is 12.3 Å². The average molecular weight is 174 g/mol. The highest BCUT2D eigenvalue weighted by molar-refractivity contribution is 5.95. The molecule has 1 aliphatic carbocycles. The summed E-state index contributed by atoms with van der Waals surface area (Å²) in [7, 11) is 0. The van der Waals surface area contributed by atoms with Gasteiger partial charge < -0.3 is 0 Å². The fraction of sp³-hybridized carbons (Fsp3) is 0.455. The Bertz CT molecular complexity index is 279. The van der Waals surface area contributed by atoms with E-state index in [9.17, 15) is 0 Å². The van der Waals surface area contributed by atoms with Gasteiger partial charge in [0.1, 0.15) is 0 Å². The normalized spacial score (nSPS) is 25.2. The fourth-order valence-corrected chi connectivity index (χ4v) is 1.44. The first-order valence-electron chi connectivity index (χ1n) is 4.63. The van der Waals surface area contributed by atoms with Crippen LogP contribution < -0.4 is 0 Å². The van der Waals surface area contributed by atoms with Gasteiger partial charge in [0.25, 0.3) is 0 Å². The molecule has 0 spiro atoms. The van der Waals surface area contributed by atoms with Crippen LogP contribution in [0.2, 0.25) is 0 Å². The fourth-order valence-electron chi connectivity index (χ4n) is 1.44. The number of nitrogens with zero attached hydrogens (tertiary/aromatic N) is 2. The van der Waals surface area contributed by atoms with Crippen molar-refractivity contribution in [3.63, 3.8) is 0 Å². The smallest absolute Gasteiger partial charge is 0.0908 e. The third kappa shape index (κ3) is 3.25. The van der Waals surface area contributed by atoms with Crippen molar-refractivity contribution in [2.75, 3.05) is 6.54 Å². The van der Waals surface area contributed by atoms with Crippen molar-refractivity contribution in [3.05, 3.63) is 24.3 Å². The van der Waals surface area contributed by atoms with Gasteiger partial charge in [-0.1, -0.05) is 12.2 Å². The largest absolute Gasteiger partial charge is 0.290 e. The molecule has 1 unspecified atom stereocenters. The molecule has 0 amide bonds. The quantitative estimate of drug-likeness (QED) is 0.592. The second-order valence-corrected chi connectivity index (χ2v) is 3.06. The predicted molar refractivity (Wildman–Crippen MR) is 54.6 cm³/mol. The topological polar surface area (TPSA) is 36.1 Å². The molecule has 0 bridgehead atoms. The summed E-state index contributed by atoms with van der Waals surface area (Å²) in [4.78, 5) is 4.35. The van der Waals surface area contributed by atoms with E-state index in [1.807, 2.05) is 19.1 Å².